The summed E-state index contributed by atoms with van der Waals surface area (Å²) in [7, 11) is 0. The van der Waals surface area contributed by atoms with Crippen molar-refractivity contribution in [3.8, 4) is 0 Å². The van der Waals surface area contributed by atoms with Crippen molar-refractivity contribution in [2.75, 3.05) is 0 Å². The number of hydrogen-bond acceptors (Lipinski definition) is 4. The van der Waals surface area contributed by atoms with Gasteiger partial charge in [-0.05, 0) is 48.9 Å². The molecule has 0 spiro atoms. The maximum absolute atomic E-state index is 12.3. The molecule has 4 N–H and O–H groups in total. The smallest absolute Gasteiger partial charge is 0.326 e. The summed E-state index contributed by atoms with van der Waals surface area (Å²) in [5, 5.41) is 23.4. The fourth-order valence-electron chi connectivity index (χ4n) is 2.64. The van der Waals surface area contributed by atoms with Gasteiger partial charge in [0.15, 0.2) is 0 Å². The van der Waals surface area contributed by atoms with Crippen LogP contribution in [0.5, 0.6) is 0 Å². The van der Waals surface area contributed by atoms with Crippen molar-refractivity contribution in [3.63, 3.8) is 0 Å². The highest BCUT2D eigenvalue weighted by molar-refractivity contribution is 5.99. The van der Waals surface area contributed by atoms with Crippen molar-refractivity contribution in [2.45, 2.75) is 52.6 Å². The van der Waals surface area contributed by atoms with Gasteiger partial charge in [0, 0.05) is 11.1 Å². The fourth-order valence-corrected chi connectivity index (χ4v) is 2.64. The third kappa shape index (κ3) is 7.38. The van der Waals surface area contributed by atoms with Gasteiger partial charge in [-0.2, -0.15) is 0 Å². The second kappa shape index (κ2) is 10.4. The Morgan fingerprint density at radius 1 is 0.714 bits per heavy atom. The molecule has 2 unspecified atom stereocenters. The summed E-state index contributed by atoms with van der Waals surface area (Å²) >= 11 is 0. The molecule has 0 aliphatic rings. The van der Waals surface area contributed by atoms with Crippen molar-refractivity contribution < 1.29 is 29.4 Å². The van der Waals surface area contributed by atoms with E-state index < -0.39 is 35.8 Å². The first-order chi connectivity index (χ1) is 13.0. The molecule has 2 amide bonds. The van der Waals surface area contributed by atoms with Gasteiger partial charge in [0.2, 0.25) is 0 Å². The van der Waals surface area contributed by atoms with Crippen LogP contribution in [0.1, 0.15) is 61.3 Å². The first-order valence-electron chi connectivity index (χ1n) is 9.18. The van der Waals surface area contributed by atoms with Crippen LogP contribution in [0.4, 0.5) is 0 Å². The monoisotopic (exact) mass is 392 g/mol. The van der Waals surface area contributed by atoms with Gasteiger partial charge >= 0.3 is 11.9 Å². The van der Waals surface area contributed by atoms with Crippen LogP contribution in [-0.2, 0) is 9.59 Å². The lowest BCUT2D eigenvalue weighted by molar-refractivity contribution is -0.140. The summed E-state index contributed by atoms with van der Waals surface area (Å²) in [6.07, 6.45) is 0.599. The van der Waals surface area contributed by atoms with E-state index in [4.69, 9.17) is 0 Å². The van der Waals surface area contributed by atoms with Crippen LogP contribution in [-0.4, -0.2) is 46.0 Å². The summed E-state index contributed by atoms with van der Waals surface area (Å²) in [6.45, 7) is 7.44. The van der Waals surface area contributed by atoms with Gasteiger partial charge < -0.3 is 20.8 Å². The van der Waals surface area contributed by atoms with Crippen LogP contribution in [0.15, 0.2) is 24.3 Å². The Bertz CT molecular complexity index is 651. The molecule has 8 nitrogen and oxygen atoms in total. The molecular weight excluding hydrogens is 364 g/mol. The van der Waals surface area contributed by atoms with E-state index >= 15 is 0 Å². The summed E-state index contributed by atoms with van der Waals surface area (Å²) in [6, 6.07) is 3.60. The third-order valence-electron chi connectivity index (χ3n) is 4.03. The van der Waals surface area contributed by atoms with E-state index in [2.05, 4.69) is 10.6 Å². The summed E-state index contributed by atoms with van der Waals surface area (Å²) in [5.74, 6) is -3.13. The lowest BCUT2D eigenvalue weighted by Gasteiger charge is -2.17. The second-order valence-electron chi connectivity index (χ2n) is 7.57. The fraction of sp³-hybridized carbons (Fsp3) is 0.500. The highest BCUT2D eigenvalue weighted by Gasteiger charge is 2.23. The SMILES string of the molecule is CC(C)CC(NC(=O)c1ccc(C(=O)NC(CC(C)C)C(=O)O)cc1)C(=O)O. The van der Waals surface area contributed by atoms with E-state index in [-0.39, 0.29) is 23.0 Å². The van der Waals surface area contributed by atoms with Crippen LogP contribution in [0, 0.1) is 11.8 Å². The first-order valence-corrected chi connectivity index (χ1v) is 9.18. The molecule has 0 saturated carbocycles. The van der Waals surface area contributed by atoms with E-state index in [9.17, 15) is 29.4 Å². The number of carbonyl (C=O) groups excluding carboxylic acids is 2. The standard InChI is InChI=1S/C20H28N2O6/c1-11(2)9-15(19(25)26)21-17(23)13-5-7-14(8-6-13)18(24)22-16(20(27)28)10-12(3)4/h5-8,11-12,15-16H,9-10H2,1-4H3,(H,21,23)(H,22,24)(H,25,26)(H,27,28). The molecule has 0 radical (unpaired) electrons. The number of amides is 2. The van der Waals surface area contributed by atoms with Gasteiger partial charge in [-0.25, -0.2) is 9.59 Å². The summed E-state index contributed by atoms with van der Waals surface area (Å²) in [5.41, 5.74) is 0.423. The molecule has 1 rings (SSSR count). The van der Waals surface area contributed by atoms with Crippen molar-refractivity contribution in [1.82, 2.24) is 10.6 Å². The number of carboxylic acids is 2. The Balaban J connectivity index is 2.81. The van der Waals surface area contributed by atoms with E-state index in [0.29, 0.717) is 12.8 Å². The van der Waals surface area contributed by atoms with Crippen molar-refractivity contribution in [3.05, 3.63) is 35.4 Å². The zero-order chi connectivity index (χ0) is 21.4. The molecule has 1 aromatic carbocycles. The molecule has 0 aliphatic heterocycles. The molecule has 0 aliphatic carbocycles. The zero-order valence-electron chi connectivity index (χ0n) is 16.6. The number of benzene rings is 1. The summed E-state index contributed by atoms with van der Waals surface area (Å²) in [4.78, 5) is 47.0. The molecule has 28 heavy (non-hydrogen) atoms. The van der Waals surface area contributed by atoms with Gasteiger partial charge in [-0.3, -0.25) is 9.59 Å². The number of nitrogens with one attached hydrogen (secondary N) is 2. The first kappa shape index (κ1) is 23.1. The number of carbonyl (C=O) groups is 4. The lowest BCUT2D eigenvalue weighted by atomic mass is 10.0. The molecule has 0 fully saturated rings. The van der Waals surface area contributed by atoms with Crippen LogP contribution >= 0.6 is 0 Å². The maximum atomic E-state index is 12.3. The second-order valence-corrected chi connectivity index (χ2v) is 7.57. The highest BCUT2D eigenvalue weighted by atomic mass is 16.4. The van der Waals surface area contributed by atoms with E-state index in [1.54, 1.807) is 0 Å². The molecule has 0 bridgehead atoms. The number of aliphatic carboxylic acids is 2. The van der Waals surface area contributed by atoms with Crippen LogP contribution in [0.3, 0.4) is 0 Å². The topological polar surface area (TPSA) is 133 Å². The largest absolute Gasteiger partial charge is 0.480 e. The Hall–Kier alpha value is -2.90. The molecule has 2 atom stereocenters. The molecule has 0 heterocycles. The minimum absolute atomic E-state index is 0.0977. The Kier molecular flexibility index (Phi) is 8.63. The average molecular weight is 392 g/mol. The van der Waals surface area contributed by atoms with E-state index in [1.807, 2.05) is 27.7 Å². The third-order valence-corrected chi connectivity index (χ3v) is 4.03. The zero-order valence-corrected chi connectivity index (χ0v) is 16.6. The average Bonchev–Trinajstić information content (AvgIpc) is 2.59. The molecule has 1 aromatic rings. The minimum atomic E-state index is -1.11. The van der Waals surface area contributed by atoms with Crippen LogP contribution in [0.2, 0.25) is 0 Å². The van der Waals surface area contributed by atoms with Crippen molar-refractivity contribution in [2.24, 2.45) is 11.8 Å². The van der Waals surface area contributed by atoms with Crippen LogP contribution < -0.4 is 10.6 Å². The van der Waals surface area contributed by atoms with Gasteiger partial charge in [0.1, 0.15) is 12.1 Å². The molecule has 154 valence electrons. The molecule has 0 saturated heterocycles. The normalized spacial score (nSPS) is 13.1. The van der Waals surface area contributed by atoms with E-state index in [0.717, 1.165) is 0 Å². The van der Waals surface area contributed by atoms with Crippen LogP contribution in [0.25, 0.3) is 0 Å². The van der Waals surface area contributed by atoms with Gasteiger partial charge in [-0.15, -0.1) is 0 Å². The van der Waals surface area contributed by atoms with Crippen molar-refractivity contribution >= 4 is 23.8 Å². The lowest BCUT2D eigenvalue weighted by Crippen LogP contribution is -2.42. The molecule has 0 aromatic heterocycles. The Labute approximate surface area is 164 Å². The van der Waals surface area contributed by atoms with Gasteiger partial charge in [0.25, 0.3) is 11.8 Å². The summed E-state index contributed by atoms with van der Waals surface area (Å²) < 4.78 is 0. The quantitative estimate of drug-likeness (QED) is 0.482. The Morgan fingerprint density at radius 3 is 1.21 bits per heavy atom. The number of carboxylic acid groups (broad SMARTS) is 2. The highest BCUT2D eigenvalue weighted by Crippen LogP contribution is 2.10. The molecule has 8 heteroatoms. The van der Waals surface area contributed by atoms with Gasteiger partial charge in [-0.1, -0.05) is 27.7 Å². The number of hydrogen-bond donors (Lipinski definition) is 4. The number of rotatable bonds is 10. The minimum Gasteiger partial charge on any atom is -0.480 e. The predicted octanol–water partition coefficient (Wildman–Crippen LogP) is 2.14. The van der Waals surface area contributed by atoms with Gasteiger partial charge in [0.05, 0.1) is 0 Å². The Morgan fingerprint density at radius 2 is 1.00 bits per heavy atom. The van der Waals surface area contributed by atoms with Crippen molar-refractivity contribution in [1.29, 1.82) is 0 Å². The van der Waals surface area contributed by atoms with E-state index in [1.165, 1.54) is 24.3 Å². The molecular formula is C20H28N2O6. The predicted molar refractivity (Wildman–Crippen MR) is 103 cm³/mol. The maximum Gasteiger partial charge on any atom is 0.326 e.